The molecule has 154 valence electrons. The zero-order valence-corrected chi connectivity index (χ0v) is 17.6. The van der Waals surface area contributed by atoms with Crippen LogP contribution in [0.1, 0.15) is 51.4 Å². The predicted molar refractivity (Wildman–Crippen MR) is 117 cm³/mol. The second-order valence-corrected chi connectivity index (χ2v) is 8.70. The third-order valence-corrected chi connectivity index (χ3v) is 6.36. The van der Waals surface area contributed by atoms with Crippen LogP contribution >= 0.6 is 11.6 Å². The number of carbonyl (C=O) groups excluding carboxylic acids is 1. The van der Waals surface area contributed by atoms with Gasteiger partial charge in [0.15, 0.2) is 5.82 Å². The van der Waals surface area contributed by atoms with Gasteiger partial charge < -0.3 is 10.2 Å². The number of halogens is 1. The summed E-state index contributed by atoms with van der Waals surface area (Å²) < 4.78 is 0. The molecule has 0 spiro atoms. The first-order valence-electron chi connectivity index (χ1n) is 10.8. The van der Waals surface area contributed by atoms with Crippen LogP contribution in [0.4, 0.5) is 5.82 Å². The van der Waals surface area contributed by atoms with E-state index >= 15 is 0 Å². The van der Waals surface area contributed by atoms with E-state index in [9.17, 15) is 4.79 Å². The maximum absolute atomic E-state index is 12.8. The average molecular weight is 413 g/mol. The fourth-order valence-corrected chi connectivity index (χ4v) is 4.54. The number of aromatic nitrogens is 2. The predicted octanol–water partition coefficient (Wildman–Crippen LogP) is 4.85. The van der Waals surface area contributed by atoms with Gasteiger partial charge in [0, 0.05) is 29.7 Å². The second-order valence-electron chi connectivity index (χ2n) is 8.27. The van der Waals surface area contributed by atoms with E-state index in [2.05, 4.69) is 20.4 Å². The van der Waals surface area contributed by atoms with E-state index in [1.807, 2.05) is 36.4 Å². The summed E-state index contributed by atoms with van der Waals surface area (Å²) in [5.41, 5.74) is 1.82. The molecule has 1 aliphatic heterocycles. The van der Waals surface area contributed by atoms with Crippen molar-refractivity contribution in [1.29, 1.82) is 0 Å². The van der Waals surface area contributed by atoms with E-state index in [0.29, 0.717) is 17.6 Å². The highest BCUT2D eigenvalue weighted by Gasteiger charge is 2.28. The highest BCUT2D eigenvalue weighted by atomic mass is 35.5. The molecule has 1 N–H and O–H groups in total. The Morgan fingerprint density at radius 1 is 0.931 bits per heavy atom. The van der Waals surface area contributed by atoms with Gasteiger partial charge in [-0.2, -0.15) is 0 Å². The van der Waals surface area contributed by atoms with Crippen molar-refractivity contribution in [3.63, 3.8) is 0 Å². The maximum atomic E-state index is 12.8. The van der Waals surface area contributed by atoms with Crippen molar-refractivity contribution in [2.24, 2.45) is 5.92 Å². The number of nitrogens with zero attached hydrogens (tertiary/aromatic N) is 3. The van der Waals surface area contributed by atoms with Crippen LogP contribution in [0.5, 0.6) is 0 Å². The van der Waals surface area contributed by atoms with Crippen LogP contribution in [0.2, 0.25) is 5.02 Å². The Morgan fingerprint density at radius 2 is 1.69 bits per heavy atom. The number of amides is 1. The van der Waals surface area contributed by atoms with Crippen LogP contribution in [0, 0.1) is 5.92 Å². The smallest absolute Gasteiger partial charge is 0.225 e. The van der Waals surface area contributed by atoms with Gasteiger partial charge in [0.25, 0.3) is 0 Å². The summed E-state index contributed by atoms with van der Waals surface area (Å²) in [6, 6.07) is 12.0. The summed E-state index contributed by atoms with van der Waals surface area (Å²) in [4.78, 5) is 15.0. The molecule has 5 nitrogen and oxygen atoms in total. The van der Waals surface area contributed by atoms with Crippen molar-refractivity contribution in [1.82, 2.24) is 15.5 Å². The van der Waals surface area contributed by atoms with Gasteiger partial charge in [-0.15, -0.1) is 10.2 Å². The van der Waals surface area contributed by atoms with Gasteiger partial charge in [-0.25, -0.2) is 0 Å². The Balaban J connectivity index is 1.37. The Kier molecular flexibility index (Phi) is 6.65. The highest BCUT2D eigenvalue weighted by Crippen LogP contribution is 2.25. The lowest BCUT2D eigenvalue weighted by atomic mass is 9.96. The molecule has 2 heterocycles. The molecule has 0 radical (unpaired) electrons. The SMILES string of the molecule is O=C(NC1CCCCCC1)C1CCCN(c2ccc(-c3ccc(Cl)cc3)nn2)C1. The van der Waals surface area contributed by atoms with Crippen molar-refractivity contribution in [2.45, 2.75) is 57.4 Å². The summed E-state index contributed by atoms with van der Waals surface area (Å²) in [5.74, 6) is 1.09. The van der Waals surface area contributed by atoms with Crippen molar-refractivity contribution in [3.8, 4) is 11.3 Å². The first-order chi connectivity index (χ1) is 14.2. The lowest BCUT2D eigenvalue weighted by Gasteiger charge is -2.33. The second kappa shape index (κ2) is 9.57. The minimum atomic E-state index is 0.0322. The van der Waals surface area contributed by atoms with Gasteiger partial charge in [-0.1, -0.05) is 49.4 Å². The van der Waals surface area contributed by atoms with Crippen LogP contribution in [-0.2, 0) is 4.79 Å². The van der Waals surface area contributed by atoms with Crippen LogP contribution in [0.3, 0.4) is 0 Å². The van der Waals surface area contributed by atoms with Crippen molar-refractivity contribution >= 4 is 23.3 Å². The Bertz CT molecular complexity index is 801. The molecule has 2 aromatic rings. The fraction of sp³-hybridized carbons (Fsp3) is 0.522. The van der Waals surface area contributed by atoms with E-state index in [4.69, 9.17) is 11.6 Å². The molecule has 1 saturated carbocycles. The van der Waals surface area contributed by atoms with Gasteiger partial charge in [0.2, 0.25) is 5.91 Å². The summed E-state index contributed by atoms with van der Waals surface area (Å²) in [6.45, 7) is 1.63. The van der Waals surface area contributed by atoms with E-state index in [1.54, 1.807) is 0 Å². The molecule has 1 saturated heterocycles. The van der Waals surface area contributed by atoms with Gasteiger partial charge >= 0.3 is 0 Å². The average Bonchev–Trinajstić information content (AvgIpc) is 3.03. The molecule has 1 unspecified atom stereocenters. The monoisotopic (exact) mass is 412 g/mol. The number of hydrogen-bond donors (Lipinski definition) is 1. The number of nitrogens with one attached hydrogen (secondary N) is 1. The lowest BCUT2D eigenvalue weighted by Crippen LogP contribution is -2.46. The topological polar surface area (TPSA) is 58.1 Å². The number of benzene rings is 1. The molecular formula is C23H29ClN4O. The molecule has 29 heavy (non-hydrogen) atoms. The third-order valence-electron chi connectivity index (χ3n) is 6.11. The van der Waals surface area contributed by atoms with E-state index in [1.165, 1.54) is 25.7 Å². The molecule has 4 rings (SSSR count). The van der Waals surface area contributed by atoms with Crippen LogP contribution in [0.25, 0.3) is 11.3 Å². The minimum absolute atomic E-state index is 0.0322. The number of rotatable bonds is 4. The van der Waals surface area contributed by atoms with E-state index in [-0.39, 0.29) is 11.8 Å². The van der Waals surface area contributed by atoms with Crippen LogP contribution in [-0.4, -0.2) is 35.2 Å². The molecule has 2 aliphatic rings. The minimum Gasteiger partial charge on any atom is -0.354 e. The fourth-order valence-electron chi connectivity index (χ4n) is 4.41. The molecule has 1 amide bonds. The Morgan fingerprint density at radius 3 is 2.38 bits per heavy atom. The molecular weight excluding hydrogens is 384 g/mol. The number of anilines is 1. The summed E-state index contributed by atoms with van der Waals surface area (Å²) in [7, 11) is 0. The lowest BCUT2D eigenvalue weighted by molar-refractivity contribution is -0.126. The molecule has 6 heteroatoms. The van der Waals surface area contributed by atoms with Gasteiger partial charge in [0.05, 0.1) is 11.6 Å². The zero-order valence-electron chi connectivity index (χ0n) is 16.8. The highest BCUT2D eigenvalue weighted by molar-refractivity contribution is 6.30. The standard InChI is InChI=1S/C23H29ClN4O/c24-19-11-9-17(10-12-19)21-13-14-22(27-26-21)28-15-5-6-18(16-28)23(29)25-20-7-3-1-2-4-8-20/h9-14,18,20H,1-8,15-16H2,(H,25,29). The molecule has 1 aromatic carbocycles. The number of hydrogen-bond acceptors (Lipinski definition) is 4. The Labute approximate surface area is 177 Å². The summed E-state index contributed by atoms with van der Waals surface area (Å²) in [6.07, 6.45) is 9.27. The van der Waals surface area contributed by atoms with E-state index < -0.39 is 0 Å². The molecule has 2 fully saturated rings. The van der Waals surface area contributed by atoms with Gasteiger partial charge in [-0.3, -0.25) is 4.79 Å². The molecule has 0 bridgehead atoms. The summed E-state index contributed by atoms with van der Waals surface area (Å²) >= 11 is 5.96. The third kappa shape index (κ3) is 5.27. The molecule has 1 aliphatic carbocycles. The van der Waals surface area contributed by atoms with Gasteiger partial charge in [0.1, 0.15) is 0 Å². The Hall–Kier alpha value is -2.14. The number of carbonyl (C=O) groups is 1. The maximum Gasteiger partial charge on any atom is 0.225 e. The zero-order chi connectivity index (χ0) is 20.1. The number of piperidine rings is 1. The largest absolute Gasteiger partial charge is 0.354 e. The first kappa shape index (κ1) is 20.1. The van der Waals surface area contributed by atoms with Crippen LogP contribution < -0.4 is 10.2 Å². The van der Waals surface area contributed by atoms with Crippen molar-refractivity contribution < 1.29 is 4.79 Å². The quantitative estimate of drug-likeness (QED) is 0.729. The molecule has 1 aromatic heterocycles. The molecule has 1 atom stereocenters. The van der Waals surface area contributed by atoms with Crippen molar-refractivity contribution in [2.75, 3.05) is 18.0 Å². The van der Waals surface area contributed by atoms with Crippen LogP contribution in [0.15, 0.2) is 36.4 Å². The van der Waals surface area contributed by atoms with Crippen molar-refractivity contribution in [3.05, 3.63) is 41.4 Å². The first-order valence-corrected chi connectivity index (χ1v) is 11.2. The summed E-state index contributed by atoms with van der Waals surface area (Å²) in [5, 5.41) is 12.9. The normalized spacial score (nSPS) is 20.9. The van der Waals surface area contributed by atoms with E-state index in [0.717, 1.165) is 49.3 Å². The van der Waals surface area contributed by atoms with Gasteiger partial charge in [-0.05, 0) is 49.9 Å².